The SMILES string of the molecule is Cc1cc(C)cc(Nc2ncc(-c3cc(OCCCN)cc(-c4c(C)cc[nH]c4=O)c3)o2)c1. The first-order chi connectivity index (χ1) is 15.9. The highest BCUT2D eigenvalue weighted by Gasteiger charge is 2.14. The number of aromatic nitrogens is 2. The van der Waals surface area contributed by atoms with Gasteiger partial charge in [-0.15, -0.1) is 0 Å². The van der Waals surface area contributed by atoms with Gasteiger partial charge in [-0.2, -0.15) is 0 Å². The molecule has 170 valence electrons. The average Bonchev–Trinajstić information content (AvgIpc) is 3.21. The quantitative estimate of drug-likeness (QED) is 0.327. The van der Waals surface area contributed by atoms with Crippen molar-refractivity contribution in [3.63, 3.8) is 0 Å². The molecule has 0 amide bonds. The van der Waals surface area contributed by atoms with Crippen molar-refractivity contribution in [3.05, 3.63) is 81.9 Å². The van der Waals surface area contributed by atoms with Crippen molar-refractivity contribution >= 4 is 11.7 Å². The number of H-pyrrole nitrogens is 1. The van der Waals surface area contributed by atoms with Crippen LogP contribution >= 0.6 is 0 Å². The number of aromatic amines is 1. The number of hydrogen-bond donors (Lipinski definition) is 3. The van der Waals surface area contributed by atoms with E-state index >= 15 is 0 Å². The summed E-state index contributed by atoms with van der Waals surface area (Å²) in [6, 6.07) is 14.1. The number of benzene rings is 2. The van der Waals surface area contributed by atoms with Crippen LogP contribution < -0.4 is 21.3 Å². The summed E-state index contributed by atoms with van der Waals surface area (Å²) < 4.78 is 11.9. The molecule has 0 saturated heterocycles. The highest BCUT2D eigenvalue weighted by atomic mass is 16.5. The smallest absolute Gasteiger partial charge is 0.299 e. The lowest BCUT2D eigenvalue weighted by Crippen LogP contribution is -2.10. The highest BCUT2D eigenvalue weighted by Crippen LogP contribution is 2.33. The van der Waals surface area contributed by atoms with Gasteiger partial charge in [-0.05, 0) is 92.4 Å². The zero-order valence-corrected chi connectivity index (χ0v) is 19.1. The maximum atomic E-state index is 12.6. The Bertz CT molecular complexity index is 1300. The molecule has 7 heteroatoms. The Hall–Kier alpha value is -3.84. The molecular weight excluding hydrogens is 416 g/mol. The first kappa shape index (κ1) is 22.4. The number of aryl methyl sites for hydroxylation is 3. The van der Waals surface area contributed by atoms with Gasteiger partial charge >= 0.3 is 0 Å². The lowest BCUT2D eigenvalue weighted by atomic mass is 9.99. The minimum atomic E-state index is -0.158. The molecule has 0 bridgehead atoms. The summed E-state index contributed by atoms with van der Waals surface area (Å²) in [5, 5.41) is 3.22. The van der Waals surface area contributed by atoms with E-state index in [-0.39, 0.29) is 5.56 Å². The maximum absolute atomic E-state index is 12.6. The maximum Gasteiger partial charge on any atom is 0.299 e. The number of nitrogens with two attached hydrogens (primary N) is 1. The third-order valence-electron chi connectivity index (χ3n) is 5.24. The van der Waals surface area contributed by atoms with E-state index in [0.29, 0.717) is 36.2 Å². The minimum Gasteiger partial charge on any atom is -0.494 e. The van der Waals surface area contributed by atoms with E-state index in [1.165, 1.54) is 0 Å². The highest BCUT2D eigenvalue weighted by molar-refractivity contribution is 5.74. The second-order valence-corrected chi connectivity index (χ2v) is 8.13. The first-order valence-electron chi connectivity index (χ1n) is 10.9. The summed E-state index contributed by atoms with van der Waals surface area (Å²) in [5.74, 6) is 1.20. The molecule has 0 atom stereocenters. The normalized spacial score (nSPS) is 10.9. The molecule has 4 N–H and O–H groups in total. The number of hydrogen-bond acceptors (Lipinski definition) is 6. The first-order valence-corrected chi connectivity index (χ1v) is 10.9. The van der Waals surface area contributed by atoms with Crippen LogP contribution in [0.2, 0.25) is 0 Å². The van der Waals surface area contributed by atoms with Crippen molar-refractivity contribution in [1.82, 2.24) is 9.97 Å². The van der Waals surface area contributed by atoms with Crippen LogP contribution in [0, 0.1) is 20.8 Å². The molecule has 2 aromatic carbocycles. The summed E-state index contributed by atoms with van der Waals surface area (Å²) in [7, 11) is 0. The Labute approximate surface area is 192 Å². The number of anilines is 2. The van der Waals surface area contributed by atoms with Crippen LogP contribution in [0.1, 0.15) is 23.1 Å². The van der Waals surface area contributed by atoms with Crippen LogP contribution in [0.15, 0.2) is 64.1 Å². The van der Waals surface area contributed by atoms with E-state index in [1.54, 1.807) is 12.4 Å². The molecule has 4 aromatic rings. The van der Waals surface area contributed by atoms with Gasteiger partial charge in [0, 0.05) is 17.4 Å². The summed E-state index contributed by atoms with van der Waals surface area (Å²) in [6.07, 6.45) is 4.04. The van der Waals surface area contributed by atoms with Crippen molar-refractivity contribution < 1.29 is 9.15 Å². The molecule has 0 fully saturated rings. The number of oxazole rings is 1. The van der Waals surface area contributed by atoms with Crippen LogP contribution in [0.25, 0.3) is 22.5 Å². The van der Waals surface area contributed by atoms with E-state index in [4.69, 9.17) is 14.9 Å². The van der Waals surface area contributed by atoms with Crippen molar-refractivity contribution in [2.45, 2.75) is 27.2 Å². The number of nitrogens with one attached hydrogen (secondary N) is 2. The van der Waals surface area contributed by atoms with Crippen molar-refractivity contribution in [3.8, 4) is 28.2 Å². The van der Waals surface area contributed by atoms with E-state index in [2.05, 4.69) is 21.4 Å². The largest absolute Gasteiger partial charge is 0.494 e. The topological polar surface area (TPSA) is 106 Å². The molecular formula is C26H28N4O3. The minimum absolute atomic E-state index is 0.158. The van der Waals surface area contributed by atoms with Crippen LogP contribution in [0.5, 0.6) is 5.75 Å². The van der Waals surface area contributed by atoms with Crippen molar-refractivity contribution in [2.75, 3.05) is 18.5 Å². The van der Waals surface area contributed by atoms with E-state index in [1.807, 2.05) is 57.2 Å². The number of pyridine rings is 1. The molecule has 2 heterocycles. The monoisotopic (exact) mass is 444 g/mol. The lowest BCUT2D eigenvalue weighted by molar-refractivity contribution is 0.313. The van der Waals surface area contributed by atoms with E-state index in [9.17, 15) is 4.79 Å². The lowest BCUT2D eigenvalue weighted by Gasteiger charge is -2.11. The summed E-state index contributed by atoms with van der Waals surface area (Å²) in [5.41, 5.74) is 11.6. The molecule has 7 nitrogen and oxygen atoms in total. The Morgan fingerprint density at radius 2 is 1.82 bits per heavy atom. The van der Waals surface area contributed by atoms with Gasteiger partial charge in [0.2, 0.25) is 0 Å². The predicted molar refractivity (Wildman–Crippen MR) is 131 cm³/mol. The fourth-order valence-corrected chi connectivity index (χ4v) is 3.81. The van der Waals surface area contributed by atoms with Crippen molar-refractivity contribution in [2.24, 2.45) is 5.73 Å². The van der Waals surface area contributed by atoms with Gasteiger partial charge in [0.25, 0.3) is 11.6 Å². The standard InChI is InChI=1S/C26H28N4O3/c1-16-9-17(2)11-21(10-16)30-26-29-15-23(33-26)19-12-20(14-22(13-19)32-8-4-6-27)24-18(3)5-7-28-25(24)31/h5,7,9-15H,4,6,8,27H2,1-3H3,(H,28,31)(H,29,30). The zero-order valence-electron chi connectivity index (χ0n) is 19.1. The van der Waals surface area contributed by atoms with Gasteiger partial charge in [0.15, 0.2) is 5.76 Å². The van der Waals surface area contributed by atoms with Gasteiger partial charge in [-0.25, -0.2) is 4.98 Å². The summed E-state index contributed by atoms with van der Waals surface area (Å²) in [4.78, 5) is 19.7. The number of rotatable bonds is 8. The molecule has 2 aromatic heterocycles. The van der Waals surface area contributed by atoms with Crippen LogP contribution in [-0.4, -0.2) is 23.1 Å². The molecule has 0 aliphatic rings. The molecule has 33 heavy (non-hydrogen) atoms. The van der Waals surface area contributed by atoms with Gasteiger partial charge in [-0.1, -0.05) is 6.07 Å². The molecule has 0 aliphatic heterocycles. The average molecular weight is 445 g/mol. The van der Waals surface area contributed by atoms with Crippen molar-refractivity contribution in [1.29, 1.82) is 0 Å². The zero-order chi connectivity index (χ0) is 23.4. The summed E-state index contributed by atoms with van der Waals surface area (Å²) >= 11 is 0. The fourth-order valence-electron chi connectivity index (χ4n) is 3.81. The Kier molecular flexibility index (Phi) is 6.60. The Morgan fingerprint density at radius 3 is 2.55 bits per heavy atom. The predicted octanol–water partition coefficient (Wildman–Crippen LogP) is 5.09. The molecule has 0 spiro atoms. The Morgan fingerprint density at radius 1 is 1.06 bits per heavy atom. The molecule has 0 unspecified atom stereocenters. The second-order valence-electron chi connectivity index (χ2n) is 8.13. The molecule has 4 rings (SSSR count). The molecule has 0 aliphatic carbocycles. The van der Waals surface area contributed by atoms with Crippen LogP contribution in [0.3, 0.4) is 0 Å². The van der Waals surface area contributed by atoms with E-state index in [0.717, 1.165) is 39.9 Å². The second kappa shape index (κ2) is 9.75. The van der Waals surface area contributed by atoms with Gasteiger partial charge in [0.1, 0.15) is 5.75 Å². The third kappa shape index (κ3) is 5.32. The van der Waals surface area contributed by atoms with Gasteiger partial charge in [0.05, 0.1) is 18.4 Å². The van der Waals surface area contributed by atoms with E-state index < -0.39 is 0 Å². The van der Waals surface area contributed by atoms with Crippen LogP contribution in [-0.2, 0) is 0 Å². The number of nitrogens with zero attached hydrogens (tertiary/aromatic N) is 1. The molecule has 0 radical (unpaired) electrons. The fraction of sp³-hybridized carbons (Fsp3) is 0.231. The van der Waals surface area contributed by atoms with Gasteiger partial charge in [-0.3, -0.25) is 4.79 Å². The Balaban J connectivity index is 1.71. The van der Waals surface area contributed by atoms with Gasteiger partial charge < -0.3 is 25.2 Å². The molecule has 0 saturated carbocycles. The van der Waals surface area contributed by atoms with Crippen LogP contribution in [0.4, 0.5) is 11.7 Å². The summed E-state index contributed by atoms with van der Waals surface area (Å²) in [6.45, 7) is 7.03. The third-order valence-corrected chi connectivity index (χ3v) is 5.24. The number of ether oxygens (including phenoxy) is 1.